The molecular formula is C23H17NO4S2. The summed E-state index contributed by atoms with van der Waals surface area (Å²) >= 11 is 6.66. The van der Waals surface area contributed by atoms with E-state index in [1.54, 1.807) is 35.2 Å². The molecule has 7 heteroatoms. The van der Waals surface area contributed by atoms with E-state index in [0.717, 1.165) is 17.5 Å². The van der Waals surface area contributed by atoms with E-state index < -0.39 is 5.97 Å². The van der Waals surface area contributed by atoms with Gasteiger partial charge < -0.3 is 9.52 Å². The number of furan rings is 1. The standard InChI is InChI=1S/C23H17NO4S2/c25-21-20(30-23(29)24(21)13-12-15-4-2-1-3-5-15)14-18-10-11-19(28-18)16-6-8-17(9-7-16)22(26)27/h1-11,14H,12-13H2,(H,26,27)/b20-14-. The van der Waals surface area contributed by atoms with Gasteiger partial charge in [0.1, 0.15) is 15.8 Å². The van der Waals surface area contributed by atoms with E-state index in [4.69, 9.17) is 21.7 Å². The first-order valence-electron chi connectivity index (χ1n) is 9.24. The lowest BCUT2D eigenvalue weighted by molar-refractivity contribution is -0.122. The fraction of sp³-hybridized carbons (Fsp3) is 0.0870. The minimum Gasteiger partial charge on any atom is -0.478 e. The Kier molecular flexibility index (Phi) is 5.83. The topological polar surface area (TPSA) is 70.8 Å². The highest BCUT2D eigenvalue weighted by atomic mass is 32.2. The van der Waals surface area contributed by atoms with Crippen molar-refractivity contribution < 1.29 is 19.1 Å². The normalized spacial score (nSPS) is 15.2. The third-order valence-corrected chi connectivity index (χ3v) is 6.03. The largest absolute Gasteiger partial charge is 0.478 e. The van der Waals surface area contributed by atoms with Crippen LogP contribution in [0.2, 0.25) is 0 Å². The van der Waals surface area contributed by atoms with E-state index in [1.165, 1.54) is 23.9 Å². The Morgan fingerprint density at radius 3 is 2.50 bits per heavy atom. The van der Waals surface area contributed by atoms with Gasteiger partial charge in [0.25, 0.3) is 5.91 Å². The van der Waals surface area contributed by atoms with Crippen molar-refractivity contribution in [2.45, 2.75) is 6.42 Å². The van der Waals surface area contributed by atoms with Gasteiger partial charge in [-0.25, -0.2) is 4.79 Å². The molecule has 3 aromatic rings. The summed E-state index contributed by atoms with van der Waals surface area (Å²) in [4.78, 5) is 25.9. The van der Waals surface area contributed by atoms with Crippen molar-refractivity contribution in [3.05, 3.63) is 88.5 Å². The number of carbonyl (C=O) groups excluding carboxylic acids is 1. The summed E-state index contributed by atoms with van der Waals surface area (Å²) in [5.41, 5.74) is 2.12. The minimum atomic E-state index is -0.976. The molecule has 0 unspecified atom stereocenters. The lowest BCUT2D eigenvalue weighted by Gasteiger charge is -2.14. The number of rotatable bonds is 6. The lowest BCUT2D eigenvalue weighted by atomic mass is 10.1. The van der Waals surface area contributed by atoms with Crippen molar-refractivity contribution in [2.24, 2.45) is 0 Å². The molecule has 1 saturated heterocycles. The zero-order valence-corrected chi connectivity index (χ0v) is 17.4. The van der Waals surface area contributed by atoms with E-state index in [-0.39, 0.29) is 11.5 Å². The maximum atomic E-state index is 12.8. The fourth-order valence-electron chi connectivity index (χ4n) is 3.07. The highest BCUT2D eigenvalue weighted by molar-refractivity contribution is 8.26. The number of thiocarbonyl (C=S) groups is 1. The summed E-state index contributed by atoms with van der Waals surface area (Å²) in [5, 5.41) is 9.00. The maximum Gasteiger partial charge on any atom is 0.335 e. The molecule has 1 aromatic heterocycles. The lowest BCUT2D eigenvalue weighted by Crippen LogP contribution is -2.30. The van der Waals surface area contributed by atoms with Gasteiger partial charge in [-0.3, -0.25) is 9.69 Å². The first-order chi connectivity index (χ1) is 14.5. The predicted octanol–water partition coefficient (Wildman–Crippen LogP) is 5.09. The number of thioether (sulfide) groups is 1. The van der Waals surface area contributed by atoms with E-state index >= 15 is 0 Å². The van der Waals surface area contributed by atoms with Gasteiger partial charge in [0.2, 0.25) is 0 Å². The molecule has 5 nitrogen and oxygen atoms in total. The summed E-state index contributed by atoms with van der Waals surface area (Å²) < 4.78 is 6.37. The summed E-state index contributed by atoms with van der Waals surface area (Å²) in [6, 6.07) is 20.0. The molecule has 0 bridgehead atoms. The number of carboxylic acid groups (broad SMARTS) is 1. The third-order valence-electron chi connectivity index (χ3n) is 4.66. The van der Waals surface area contributed by atoms with Gasteiger partial charge in [-0.05, 0) is 36.2 Å². The molecular weight excluding hydrogens is 418 g/mol. The average Bonchev–Trinajstić information content (AvgIpc) is 3.32. The fourth-order valence-corrected chi connectivity index (χ4v) is 4.36. The summed E-state index contributed by atoms with van der Waals surface area (Å²) in [6.07, 6.45) is 2.43. The SMILES string of the molecule is O=C(O)c1ccc(-c2ccc(/C=C3\SC(=S)N(CCc4ccccc4)C3=O)o2)cc1. The Balaban J connectivity index is 1.46. The van der Waals surface area contributed by atoms with Crippen LogP contribution in [0.5, 0.6) is 0 Å². The van der Waals surface area contributed by atoms with Crippen LogP contribution in [-0.4, -0.2) is 32.7 Å². The van der Waals surface area contributed by atoms with Crippen LogP contribution in [-0.2, 0) is 11.2 Å². The summed E-state index contributed by atoms with van der Waals surface area (Å²) in [5.74, 6) is 0.0364. The molecule has 30 heavy (non-hydrogen) atoms. The van der Waals surface area contributed by atoms with Crippen LogP contribution in [0.1, 0.15) is 21.7 Å². The number of benzene rings is 2. The molecule has 1 aliphatic rings. The van der Waals surface area contributed by atoms with Crippen LogP contribution in [0.4, 0.5) is 0 Å². The van der Waals surface area contributed by atoms with Gasteiger partial charge >= 0.3 is 5.97 Å². The number of nitrogens with zero attached hydrogens (tertiary/aromatic N) is 1. The number of carboxylic acids is 1. The van der Waals surface area contributed by atoms with Gasteiger partial charge in [0.05, 0.1) is 10.5 Å². The first-order valence-corrected chi connectivity index (χ1v) is 10.5. The van der Waals surface area contributed by atoms with Crippen molar-refractivity contribution in [1.29, 1.82) is 0 Å². The molecule has 1 N–H and O–H groups in total. The zero-order chi connectivity index (χ0) is 21.1. The van der Waals surface area contributed by atoms with Crippen LogP contribution in [0, 0.1) is 0 Å². The number of carbonyl (C=O) groups is 2. The zero-order valence-electron chi connectivity index (χ0n) is 15.8. The molecule has 1 fully saturated rings. The molecule has 4 rings (SSSR count). The maximum absolute atomic E-state index is 12.8. The van der Waals surface area contributed by atoms with E-state index in [0.29, 0.717) is 27.3 Å². The molecule has 2 aromatic carbocycles. The second kappa shape index (κ2) is 8.69. The first kappa shape index (κ1) is 20.1. The highest BCUT2D eigenvalue weighted by Crippen LogP contribution is 2.33. The monoisotopic (exact) mass is 435 g/mol. The van der Waals surface area contributed by atoms with Gasteiger partial charge in [-0.2, -0.15) is 0 Å². The number of amides is 1. The molecule has 150 valence electrons. The number of aromatic carboxylic acids is 1. The molecule has 0 atom stereocenters. The minimum absolute atomic E-state index is 0.121. The summed E-state index contributed by atoms with van der Waals surface area (Å²) in [7, 11) is 0. The number of hydrogen-bond acceptors (Lipinski definition) is 5. The molecule has 0 saturated carbocycles. The summed E-state index contributed by atoms with van der Waals surface area (Å²) in [6.45, 7) is 0.533. The molecule has 2 heterocycles. The second-order valence-corrected chi connectivity index (χ2v) is 8.33. The van der Waals surface area contributed by atoms with Crippen molar-refractivity contribution in [3.63, 3.8) is 0 Å². The molecule has 0 radical (unpaired) electrons. The Morgan fingerprint density at radius 1 is 1.07 bits per heavy atom. The van der Waals surface area contributed by atoms with E-state index in [9.17, 15) is 9.59 Å². The van der Waals surface area contributed by atoms with Crippen LogP contribution < -0.4 is 0 Å². The Morgan fingerprint density at radius 2 is 1.80 bits per heavy atom. The Hall–Kier alpha value is -3.16. The van der Waals surface area contributed by atoms with Crippen LogP contribution >= 0.6 is 24.0 Å². The van der Waals surface area contributed by atoms with Gasteiger partial charge in [-0.1, -0.05) is 66.4 Å². The smallest absolute Gasteiger partial charge is 0.335 e. The highest BCUT2D eigenvalue weighted by Gasteiger charge is 2.31. The average molecular weight is 436 g/mol. The molecule has 1 aliphatic heterocycles. The Labute approximate surface area is 183 Å². The number of hydrogen-bond donors (Lipinski definition) is 1. The predicted molar refractivity (Wildman–Crippen MR) is 121 cm³/mol. The van der Waals surface area contributed by atoms with Crippen molar-refractivity contribution in [2.75, 3.05) is 6.54 Å². The van der Waals surface area contributed by atoms with E-state index in [1.807, 2.05) is 30.3 Å². The second-order valence-electron chi connectivity index (χ2n) is 6.65. The van der Waals surface area contributed by atoms with Crippen molar-refractivity contribution >= 4 is 46.3 Å². The van der Waals surface area contributed by atoms with Gasteiger partial charge in [0, 0.05) is 18.2 Å². The molecule has 0 aliphatic carbocycles. The van der Waals surface area contributed by atoms with Gasteiger partial charge in [0.15, 0.2) is 0 Å². The van der Waals surface area contributed by atoms with Crippen LogP contribution in [0.25, 0.3) is 17.4 Å². The van der Waals surface area contributed by atoms with Crippen molar-refractivity contribution in [1.82, 2.24) is 4.90 Å². The third kappa shape index (κ3) is 4.37. The Bertz CT molecular complexity index is 1130. The molecule has 0 spiro atoms. The van der Waals surface area contributed by atoms with Crippen molar-refractivity contribution in [3.8, 4) is 11.3 Å². The molecule has 1 amide bonds. The van der Waals surface area contributed by atoms with Gasteiger partial charge in [-0.15, -0.1) is 0 Å². The van der Waals surface area contributed by atoms with E-state index in [2.05, 4.69) is 0 Å². The quantitative estimate of drug-likeness (QED) is 0.430. The van der Waals surface area contributed by atoms with Crippen LogP contribution in [0.15, 0.2) is 76.1 Å². The van der Waals surface area contributed by atoms with Crippen LogP contribution in [0.3, 0.4) is 0 Å².